The van der Waals surface area contributed by atoms with Gasteiger partial charge in [-0.15, -0.1) is 0 Å². The molecule has 8 aromatic heterocycles. The normalized spacial score (nSPS) is 10.3. The lowest BCUT2D eigenvalue weighted by Crippen LogP contribution is -2.14. The Hall–Kier alpha value is -9.40. The van der Waals surface area contributed by atoms with Gasteiger partial charge >= 0.3 is 0 Å². The van der Waals surface area contributed by atoms with E-state index < -0.39 is 20.0 Å². The van der Waals surface area contributed by atoms with Gasteiger partial charge < -0.3 is 11.5 Å². The maximum Gasteiger partial charge on any atom is 0.264 e. The highest BCUT2D eigenvalue weighted by Gasteiger charge is 2.16. The fourth-order valence-electron chi connectivity index (χ4n) is 5.62. The molecule has 6 N–H and O–H groups in total. The van der Waals surface area contributed by atoms with Crippen LogP contribution in [0.4, 0.5) is 23.3 Å². The van der Waals surface area contributed by atoms with Gasteiger partial charge in [-0.05, 0) is 167 Å². The van der Waals surface area contributed by atoms with Gasteiger partial charge in [-0.2, -0.15) is 0 Å². The van der Waals surface area contributed by atoms with Crippen molar-refractivity contribution in [2.45, 2.75) is 9.79 Å². The number of sulfonamides is 2. The molecule has 0 saturated heterocycles. The molecule has 70 heavy (non-hydrogen) atoms. The Labute approximate surface area is 404 Å². The number of hydrogen-bond acceptors (Lipinski definition) is 16. The van der Waals surface area contributed by atoms with Crippen LogP contribution >= 0.6 is 0 Å². The van der Waals surface area contributed by atoms with E-state index in [1.165, 1.54) is 107 Å². The summed E-state index contributed by atoms with van der Waals surface area (Å²) in [6, 6.07) is 38.7. The Bertz CT molecular complexity index is 2860. The number of nitrogens with one attached hydrogen (secondary N) is 2. The number of hydrogen-bond donors (Lipinski definition) is 4. The van der Waals surface area contributed by atoms with Crippen LogP contribution in [-0.4, -0.2) is 66.7 Å². The second-order valence-electron chi connectivity index (χ2n) is 13.9. The van der Waals surface area contributed by atoms with E-state index in [2.05, 4.69) is 59.3 Å². The predicted molar refractivity (Wildman–Crippen MR) is 270 cm³/mol. The minimum Gasteiger partial charge on any atom is -0.399 e. The molecule has 10 aromatic rings. The average molecular weight is 969 g/mol. The van der Waals surface area contributed by atoms with Gasteiger partial charge in [-0.25, -0.2) is 46.2 Å². The number of nitrogens with two attached hydrogens (primary N) is 2. The van der Waals surface area contributed by atoms with Crippen LogP contribution in [0.2, 0.25) is 0 Å². The number of aromatic nitrogens is 10. The third-order valence-corrected chi connectivity index (χ3v) is 11.7. The second-order valence-corrected chi connectivity index (χ2v) is 17.3. The molecule has 0 unspecified atom stereocenters. The molecule has 18 nitrogen and oxygen atoms in total. The molecular weight excluding hydrogens is 925 g/mol. The Morgan fingerprint density at radius 2 is 0.486 bits per heavy atom. The Balaban J connectivity index is 0.000000145. The molecule has 0 amide bonds. The van der Waals surface area contributed by atoms with E-state index in [4.69, 9.17) is 11.5 Å². The molecule has 0 atom stereocenters. The lowest BCUT2D eigenvalue weighted by molar-refractivity contribution is 0.599. The highest BCUT2D eigenvalue weighted by Crippen LogP contribution is 2.19. The van der Waals surface area contributed by atoms with Crippen molar-refractivity contribution >= 4 is 43.3 Å². The fraction of sp³-hybridized carbons (Fsp3) is 0. The van der Waals surface area contributed by atoms with E-state index in [0.29, 0.717) is 11.4 Å². The molecule has 20 heteroatoms. The van der Waals surface area contributed by atoms with Crippen LogP contribution < -0.4 is 20.9 Å². The summed E-state index contributed by atoms with van der Waals surface area (Å²) in [5.41, 5.74) is 19.0. The van der Waals surface area contributed by atoms with Gasteiger partial charge in [0, 0.05) is 111 Å². The molecular formula is C50H44N14O4S2. The zero-order chi connectivity index (χ0) is 49.3. The minimum atomic E-state index is -3.66. The monoisotopic (exact) mass is 968 g/mol. The van der Waals surface area contributed by atoms with Crippen molar-refractivity contribution in [1.29, 1.82) is 0 Å². The van der Waals surface area contributed by atoms with Crippen molar-refractivity contribution in [3.05, 3.63) is 233 Å². The summed E-state index contributed by atoms with van der Waals surface area (Å²) in [6.45, 7) is 0. The first-order chi connectivity index (χ1) is 34.1. The number of nitrogens with zero attached hydrogens (tertiary/aromatic N) is 10. The van der Waals surface area contributed by atoms with Gasteiger partial charge in [0.1, 0.15) is 0 Å². The van der Waals surface area contributed by atoms with E-state index in [1.54, 1.807) is 86.5 Å². The van der Waals surface area contributed by atoms with Crippen LogP contribution in [0.25, 0.3) is 33.4 Å². The van der Waals surface area contributed by atoms with E-state index in [-0.39, 0.29) is 21.7 Å². The maximum atomic E-state index is 11.9. The van der Waals surface area contributed by atoms with E-state index >= 15 is 0 Å². The topological polar surface area (TPSA) is 273 Å². The van der Waals surface area contributed by atoms with Crippen molar-refractivity contribution in [3.8, 4) is 33.4 Å². The van der Waals surface area contributed by atoms with Gasteiger partial charge in [-0.3, -0.25) is 29.9 Å². The van der Waals surface area contributed by atoms with Crippen molar-refractivity contribution in [3.63, 3.8) is 0 Å². The Morgan fingerprint density at radius 3 is 0.686 bits per heavy atom. The number of pyridine rings is 6. The van der Waals surface area contributed by atoms with Crippen LogP contribution in [0.1, 0.15) is 0 Å². The van der Waals surface area contributed by atoms with E-state index in [1.807, 2.05) is 72.8 Å². The molecule has 0 aliphatic heterocycles. The van der Waals surface area contributed by atoms with E-state index in [9.17, 15) is 16.8 Å². The van der Waals surface area contributed by atoms with Gasteiger partial charge in [-0.1, -0.05) is 0 Å². The van der Waals surface area contributed by atoms with Crippen molar-refractivity contribution in [2.24, 2.45) is 0 Å². The number of rotatable bonds is 9. The zero-order valence-corrected chi connectivity index (χ0v) is 38.6. The SMILES string of the molecule is Nc1ccc(S(=O)(=O)Nc2ncccn2)cc1.Nc1ccc(S(=O)(=O)Nc2ncccn2)cc1.c1cc(-c2ccncc2)ccn1.c1cc(-c2ccncc2)ccn1.c1cc(-c2ccncc2)ccn1. The second kappa shape index (κ2) is 26.1. The first kappa shape index (κ1) is 50.0. The van der Waals surface area contributed by atoms with E-state index in [0.717, 1.165) is 0 Å². The van der Waals surface area contributed by atoms with Crippen LogP contribution in [0.3, 0.4) is 0 Å². The van der Waals surface area contributed by atoms with Crippen molar-refractivity contribution in [1.82, 2.24) is 49.8 Å². The molecule has 10 rings (SSSR count). The standard InChI is InChI=1S/2C10H10N4O2S.3C10H8N2/c2*11-8-2-4-9(5-3-8)17(15,16)14-10-12-6-1-7-13-10;3*1-5-11-6-2-9(1)10-3-7-12-8-4-10/h2*1-7H,11H2,(H,12,13,14);3*1-8H. The summed E-state index contributed by atoms with van der Waals surface area (Å²) in [7, 11) is -7.32. The van der Waals surface area contributed by atoms with Crippen LogP contribution in [0.15, 0.2) is 242 Å². The molecule has 0 fully saturated rings. The fourth-order valence-corrected chi connectivity index (χ4v) is 7.54. The molecule has 8 heterocycles. The largest absolute Gasteiger partial charge is 0.399 e. The van der Waals surface area contributed by atoms with Crippen LogP contribution in [0.5, 0.6) is 0 Å². The van der Waals surface area contributed by atoms with Gasteiger partial charge in [0.05, 0.1) is 9.79 Å². The summed E-state index contributed by atoms with van der Waals surface area (Å²) in [4.78, 5) is 39.1. The lowest BCUT2D eigenvalue weighted by atomic mass is 10.1. The third kappa shape index (κ3) is 16.5. The smallest absolute Gasteiger partial charge is 0.264 e. The Morgan fingerprint density at radius 1 is 0.286 bits per heavy atom. The highest BCUT2D eigenvalue weighted by molar-refractivity contribution is 7.93. The van der Waals surface area contributed by atoms with Gasteiger partial charge in [0.15, 0.2) is 0 Å². The maximum absolute atomic E-state index is 11.9. The number of benzene rings is 2. The number of nitrogen functional groups attached to an aromatic ring is 2. The molecule has 0 spiro atoms. The summed E-state index contributed by atoms with van der Waals surface area (Å²) >= 11 is 0. The summed E-state index contributed by atoms with van der Waals surface area (Å²) < 4.78 is 52.1. The quantitative estimate of drug-likeness (QED) is 0.0993. The highest BCUT2D eigenvalue weighted by atomic mass is 32.2. The summed E-state index contributed by atoms with van der Waals surface area (Å²) in [6.07, 6.45) is 27.3. The minimum absolute atomic E-state index is 0.0318. The molecule has 0 radical (unpaired) electrons. The first-order valence-corrected chi connectivity index (χ1v) is 23.7. The molecule has 0 bridgehead atoms. The van der Waals surface area contributed by atoms with Crippen LogP contribution in [-0.2, 0) is 20.0 Å². The average Bonchev–Trinajstić information content (AvgIpc) is 3.41. The predicted octanol–water partition coefficient (Wildman–Crippen LogP) is 8.15. The van der Waals surface area contributed by atoms with Gasteiger partial charge in [0.2, 0.25) is 11.9 Å². The molecule has 0 saturated carbocycles. The molecule has 0 aliphatic carbocycles. The van der Waals surface area contributed by atoms with Crippen molar-refractivity contribution < 1.29 is 16.8 Å². The summed E-state index contributed by atoms with van der Waals surface area (Å²) in [5, 5.41) is 0. The van der Waals surface area contributed by atoms with Crippen LogP contribution in [0, 0.1) is 0 Å². The summed E-state index contributed by atoms with van der Waals surface area (Å²) in [5.74, 6) is 0.0636. The molecule has 2 aromatic carbocycles. The third-order valence-electron chi connectivity index (χ3n) is 9.05. The molecule has 350 valence electrons. The Kier molecular flexibility index (Phi) is 18.6. The van der Waals surface area contributed by atoms with Crippen molar-refractivity contribution in [2.75, 3.05) is 20.9 Å². The first-order valence-electron chi connectivity index (χ1n) is 20.8. The van der Waals surface area contributed by atoms with Gasteiger partial charge in [0.25, 0.3) is 20.0 Å². The zero-order valence-electron chi connectivity index (χ0n) is 37.0. The number of anilines is 4. The molecule has 0 aliphatic rings. The lowest BCUT2D eigenvalue weighted by Gasteiger charge is -2.05.